The number of nitrogens with one attached hydrogen (secondary N) is 1. The smallest absolute Gasteiger partial charge is 0.212 e. The molecule has 1 aromatic heterocycles. The molecule has 0 aliphatic heterocycles. The van der Waals surface area contributed by atoms with Gasteiger partial charge >= 0.3 is 0 Å². The molecular weight excluding hydrogens is 297 g/mol. The molecular formula is C14H16FNO2S2. The highest BCUT2D eigenvalue weighted by Gasteiger charge is 2.16. The lowest BCUT2D eigenvalue weighted by atomic mass is 10.1. The van der Waals surface area contributed by atoms with Crippen LogP contribution in [0.3, 0.4) is 0 Å². The van der Waals surface area contributed by atoms with Gasteiger partial charge in [-0.25, -0.2) is 17.5 Å². The summed E-state index contributed by atoms with van der Waals surface area (Å²) in [5.74, 6) is -0.636. The summed E-state index contributed by atoms with van der Waals surface area (Å²) < 4.78 is 39.7. The van der Waals surface area contributed by atoms with Crippen LogP contribution in [0, 0.1) is 5.82 Å². The van der Waals surface area contributed by atoms with Crippen LogP contribution in [0.4, 0.5) is 4.39 Å². The minimum atomic E-state index is -3.47. The third kappa shape index (κ3) is 4.70. The summed E-state index contributed by atoms with van der Waals surface area (Å²) in [4.78, 5) is 0. The monoisotopic (exact) mass is 313 g/mol. The van der Waals surface area contributed by atoms with E-state index in [0.29, 0.717) is 12.0 Å². The normalized spacial score (nSPS) is 13.3. The first-order chi connectivity index (χ1) is 9.44. The van der Waals surface area contributed by atoms with Crippen molar-refractivity contribution in [3.8, 4) is 0 Å². The fraction of sp³-hybridized carbons (Fsp3) is 0.286. The Morgan fingerprint density at radius 1 is 1.30 bits per heavy atom. The third-order valence-electron chi connectivity index (χ3n) is 2.75. The molecule has 1 aromatic carbocycles. The molecule has 0 radical (unpaired) electrons. The van der Waals surface area contributed by atoms with E-state index in [2.05, 4.69) is 4.72 Å². The number of halogens is 1. The fourth-order valence-electron chi connectivity index (χ4n) is 2.00. The Hall–Kier alpha value is -1.24. The SMILES string of the molecule is C[C@H](Cc1ccsc1)NS(=O)(=O)Cc1cccc(F)c1. The third-order valence-corrected chi connectivity index (χ3v) is 4.96. The molecule has 1 N–H and O–H groups in total. The van der Waals surface area contributed by atoms with E-state index >= 15 is 0 Å². The van der Waals surface area contributed by atoms with Crippen molar-refractivity contribution in [3.05, 3.63) is 58.0 Å². The van der Waals surface area contributed by atoms with Gasteiger partial charge in [-0.15, -0.1) is 0 Å². The van der Waals surface area contributed by atoms with Gasteiger partial charge in [-0.05, 0) is 53.4 Å². The zero-order chi connectivity index (χ0) is 14.6. The van der Waals surface area contributed by atoms with Gasteiger partial charge < -0.3 is 0 Å². The molecule has 0 unspecified atom stereocenters. The average Bonchev–Trinajstić information content (AvgIpc) is 2.79. The summed E-state index contributed by atoms with van der Waals surface area (Å²) >= 11 is 1.58. The van der Waals surface area contributed by atoms with Gasteiger partial charge in [0, 0.05) is 6.04 Å². The number of rotatable bonds is 6. The van der Waals surface area contributed by atoms with Crippen molar-refractivity contribution in [2.24, 2.45) is 0 Å². The highest BCUT2D eigenvalue weighted by Crippen LogP contribution is 2.11. The summed E-state index contributed by atoms with van der Waals surface area (Å²) in [5, 5.41) is 3.96. The van der Waals surface area contributed by atoms with Crippen molar-refractivity contribution in [1.29, 1.82) is 0 Å². The van der Waals surface area contributed by atoms with Crippen LogP contribution in [0.15, 0.2) is 41.1 Å². The molecule has 0 amide bonds. The maximum atomic E-state index is 13.0. The van der Waals surface area contributed by atoms with Crippen molar-refractivity contribution < 1.29 is 12.8 Å². The van der Waals surface area contributed by atoms with E-state index in [-0.39, 0.29) is 11.8 Å². The van der Waals surface area contributed by atoms with Gasteiger partial charge in [0.25, 0.3) is 0 Å². The van der Waals surface area contributed by atoms with E-state index in [0.717, 1.165) is 5.56 Å². The molecule has 0 aliphatic carbocycles. The highest BCUT2D eigenvalue weighted by atomic mass is 32.2. The van der Waals surface area contributed by atoms with E-state index in [1.165, 1.54) is 18.2 Å². The van der Waals surface area contributed by atoms with E-state index in [1.807, 2.05) is 23.8 Å². The molecule has 0 saturated carbocycles. The Kier molecular flexibility index (Phi) is 4.91. The van der Waals surface area contributed by atoms with E-state index in [1.54, 1.807) is 17.4 Å². The molecule has 0 saturated heterocycles. The van der Waals surface area contributed by atoms with Gasteiger partial charge in [0.1, 0.15) is 5.82 Å². The second-order valence-corrected chi connectivity index (χ2v) is 7.28. The van der Waals surface area contributed by atoms with Crippen molar-refractivity contribution in [3.63, 3.8) is 0 Å². The minimum Gasteiger partial charge on any atom is -0.212 e. The van der Waals surface area contributed by atoms with Crippen LogP contribution in [0.2, 0.25) is 0 Å². The van der Waals surface area contributed by atoms with E-state index in [4.69, 9.17) is 0 Å². The molecule has 0 fully saturated rings. The number of benzene rings is 1. The maximum absolute atomic E-state index is 13.0. The van der Waals surface area contributed by atoms with Crippen LogP contribution in [-0.4, -0.2) is 14.5 Å². The molecule has 1 atom stereocenters. The largest absolute Gasteiger partial charge is 0.216 e. The zero-order valence-electron chi connectivity index (χ0n) is 11.0. The van der Waals surface area contributed by atoms with Gasteiger partial charge in [-0.3, -0.25) is 0 Å². The van der Waals surface area contributed by atoms with Gasteiger partial charge in [-0.2, -0.15) is 11.3 Å². The summed E-state index contributed by atoms with van der Waals surface area (Å²) in [6.07, 6.45) is 0.645. The molecule has 108 valence electrons. The average molecular weight is 313 g/mol. The van der Waals surface area contributed by atoms with Crippen molar-refractivity contribution in [2.75, 3.05) is 0 Å². The molecule has 0 spiro atoms. The topological polar surface area (TPSA) is 46.2 Å². The van der Waals surface area contributed by atoms with Crippen molar-refractivity contribution >= 4 is 21.4 Å². The Balaban J connectivity index is 1.96. The minimum absolute atomic E-state index is 0.192. The Bertz CT molecular complexity index is 654. The summed E-state index contributed by atoms with van der Waals surface area (Å²) in [6, 6.07) is 7.43. The zero-order valence-corrected chi connectivity index (χ0v) is 12.7. The molecule has 0 bridgehead atoms. The number of sulfonamides is 1. The molecule has 1 heterocycles. The first-order valence-electron chi connectivity index (χ1n) is 6.20. The lowest BCUT2D eigenvalue weighted by Crippen LogP contribution is -2.34. The van der Waals surface area contributed by atoms with Gasteiger partial charge in [-0.1, -0.05) is 12.1 Å². The lowest BCUT2D eigenvalue weighted by Gasteiger charge is -2.13. The predicted molar refractivity (Wildman–Crippen MR) is 79.6 cm³/mol. The number of hydrogen-bond donors (Lipinski definition) is 1. The Morgan fingerprint density at radius 2 is 2.10 bits per heavy atom. The Labute approximate surface area is 122 Å². The molecule has 6 heteroatoms. The van der Waals surface area contributed by atoms with Crippen molar-refractivity contribution in [1.82, 2.24) is 4.72 Å². The van der Waals surface area contributed by atoms with Crippen LogP contribution >= 0.6 is 11.3 Å². The van der Waals surface area contributed by atoms with Gasteiger partial charge in [0.2, 0.25) is 10.0 Å². The van der Waals surface area contributed by atoms with Crippen LogP contribution < -0.4 is 4.72 Å². The predicted octanol–water partition coefficient (Wildman–Crippen LogP) is 2.94. The first kappa shape index (κ1) is 15.2. The highest BCUT2D eigenvalue weighted by molar-refractivity contribution is 7.88. The standard InChI is InChI=1S/C14H16FNO2S2/c1-11(7-12-5-6-19-9-12)16-20(17,18)10-13-3-2-4-14(15)8-13/h2-6,8-9,11,16H,7,10H2,1H3/t11-/m1/s1. The van der Waals surface area contributed by atoms with E-state index in [9.17, 15) is 12.8 Å². The quantitative estimate of drug-likeness (QED) is 0.891. The number of hydrogen-bond acceptors (Lipinski definition) is 3. The maximum Gasteiger partial charge on any atom is 0.216 e. The van der Waals surface area contributed by atoms with Gasteiger partial charge in [0.05, 0.1) is 5.75 Å². The van der Waals surface area contributed by atoms with Crippen molar-refractivity contribution in [2.45, 2.75) is 25.1 Å². The lowest BCUT2D eigenvalue weighted by molar-refractivity contribution is 0.559. The van der Waals surface area contributed by atoms with Crippen LogP contribution in [0.25, 0.3) is 0 Å². The molecule has 2 rings (SSSR count). The molecule has 2 aromatic rings. The van der Waals surface area contributed by atoms with Crippen LogP contribution in [-0.2, 0) is 22.2 Å². The van der Waals surface area contributed by atoms with Crippen LogP contribution in [0.1, 0.15) is 18.1 Å². The Morgan fingerprint density at radius 3 is 2.75 bits per heavy atom. The number of thiophene rings is 1. The molecule has 0 aliphatic rings. The van der Waals surface area contributed by atoms with Crippen LogP contribution in [0.5, 0.6) is 0 Å². The fourth-order valence-corrected chi connectivity index (χ4v) is 4.08. The van der Waals surface area contributed by atoms with Gasteiger partial charge in [0.15, 0.2) is 0 Å². The molecule has 20 heavy (non-hydrogen) atoms. The summed E-state index contributed by atoms with van der Waals surface area (Å²) in [6.45, 7) is 1.82. The van der Waals surface area contributed by atoms with E-state index < -0.39 is 15.8 Å². The second kappa shape index (κ2) is 6.47. The molecule has 3 nitrogen and oxygen atoms in total. The summed E-state index contributed by atoms with van der Waals surface area (Å²) in [5.41, 5.74) is 1.55. The first-order valence-corrected chi connectivity index (χ1v) is 8.80. The second-order valence-electron chi connectivity index (χ2n) is 4.74. The summed E-state index contributed by atoms with van der Waals surface area (Å²) in [7, 11) is -3.47.